The lowest BCUT2D eigenvalue weighted by Crippen LogP contribution is -2.30. The second-order valence-electron chi connectivity index (χ2n) is 8.96. The zero-order valence-corrected chi connectivity index (χ0v) is 22.0. The first-order valence-corrected chi connectivity index (χ1v) is 13.4. The Balaban J connectivity index is 1.51. The zero-order chi connectivity index (χ0) is 26.4. The van der Waals surface area contributed by atoms with Crippen molar-refractivity contribution in [3.05, 3.63) is 119 Å². The molecule has 4 aromatic rings. The summed E-state index contributed by atoms with van der Waals surface area (Å²) in [5, 5.41) is 2.87. The first kappa shape index (κ1) is 26.0. The van der Waals surface area contributed by atoms with Crippen molar-refractivity contribution in [1.82, 2.24) is 0 Å². The minimum absolute atomic E-state index is 0.165. The van der Waals surface area contributed by atoms with Crippen molar-refractivity contribution in [3.63, 3.8) is 0 Å². The van der Waals surface area contributed by atoms with Crippen LogP contribution < -0.4 is 14.4 Å². The zero-order valence-electron chi connectivity index (χ0n) is 21.1. The fourth-order valence-electron chi connectivity index (χ4n) is 3.82. The third-order valence-corrected chi connectivity index (χ3v) is 7.73. The van der Waals surface area contributed by atoms with Crippen LogP contribution in [0.2, 0.25) is 0 Å². The van der Waals surface area contributed by atoms with Gasteiger partial charge in [-0.3, -0.25) is 9.10 Å². The molecule has 0 aliphatic rings. The van der Waals surface area contributed by atoms with Crippen LogP contribution >= 0.6 is 0 Å². The highest BCUT2D eigenvalue weighted by molar-refractivity contribution is 7.92. The molecule has 0 radical (unpaired) electrons. The van der Waals surface area contributed by atoms with Crippen LogP contribution in [0.3, 0.4) is 0 Å². The summed E-state index contributed by atoms with van der Waals surface area (Å²) >= 11 is 0. The lowest BCUT2D eigenvalue weighted by molar-refractivity contribution is -0.118. The molecular formula is C30H30N2O4S. The maximum Gasteiger partial charge on any atom is 0.264 e. The molecule has 0 heterocycles. The van der Waals surface area contributed by atoms with Gasteiger partial charge in [-0.25, -0.2) is 8.42 Å². The normalized spacial score (nSPS) is 11.1. The van der Waals surface area contributed by atoms with E-state index in [9.17, 15) is 13.2 Å². The first-order valence-electron chi connectivity index (χ1n) is 12.0. The molecule has 0 saturated heterocycles. The van der Waals surface area contributed by atoms with Gasteiger partial charge in [0.15, 0.2) is 6.61 Å². The largest absolute Gasteiger partial charge is 0.484 e. The van der Waals surface area contributed by atoms with Crippen molar-refractivity contribution in [2.45, 2.75) is 32.2 Å². The number of aryl methyl sites for hydroxylation is 3. The predicted octanol–water partition coefficient (Wildman–Crippen LogP) is 6.02. The van der Waals surface area contributed by atoms with Crippen molar-refractivity contribution < 1.29 is 17.9 Å². The summed E-state index contributed by atoms with van der Waals surface area (Å²) in [6.07, 6.45) is 0. The van der Waals surface area contributed by atoms with Crippen LogP contribution in [-0.2, 0) is 21.4 Å². The highest BCUT2D eigenvalue weighted by atomic mass is 32.2. The van der Waals surface area contributed by atoms with E-state index in [2.05, 4.69) is 5.32 Å². The summed E-state index contributed by atoms with van der Waals surface area (Å²) in [6.45, 7) is 5.82. The molecule has 4 aromatic carbocycles. The third kappa shape index (κ3) is 6.57. The average molecular weight is 515 g/mol. The Kier molecular flexibility index (Phi) is 7.94. The van der Waals surface area contributed by atoms with Gasteiger partial charge in [-0.1, -0.05) is 60.2 Å². The molecule has 37 heavy (non-hydrogen) atoms. The van der Waals surface area contributed by atoms with E-state index < -0.39 is 10.0 Å². The van der Waals surface area contributed by atoms with Crippen molar-refractivity contribution in [2.24, 2.45) is 0 Å². The molecular weight excluding hydrogens is 484 g/mol. The number of benzene rings is 4. The lowest BCUT2D eigenvalue weighted by Gasteiger charge is -2.25. The Morgan fingerprint density at radius 3 is 2.14 bits per heavy atom. The number of anilines is 2. The number of nitrogens with one attached hydrogen (secondary N) is 1. The fourth-order valence-corrected chi connectivity index (χ4v) is 5.27. The smallest absolute Gasteiger partial charge is 0.264 e. The maximum atomic E-state index is 13.6. The molecule has 4 rings (SSSR count). The molecule has 0 atom stereocenters. The number of ether oxygens (including phenoxy) is 1. The number of carbonyl (C=O) groups excluding carboxylic acids is 1. The molecule has 0 aliphatic carbocycles. The van der Waals surface area contributed by atoms with E-state index in [1.54, 1.807) is 48.5 Å². The maximum absolute atomic E-state index is 13.6. The number of rotatable bonds is 9. The van der Waals surface area contributed by atoms with Gasteiger partial charge in [0, 0.05) is 5.69 Å². The van der Waals surface area contributed by atoms with Gasteiger partial charge in [0.2, 0.25) is 0 Å². The van der Waals surface area contributed by atoms with Gasteiger partial charge in [0.05, 0.1) is 17.1 Å². The number of carbonyl (C=O) groups is 1. The van der Waals surface area contributed by atoms with E-state index in [-0.39, 0.29) is 24.0 Å². The van der Waals surface area contributed by atoms with Crippen LogP contribution in [0.25, 0.3) is 0 Å². The van der Waals surface area contributed by atoms with E-state index in [1.807, 2.05) is 69.3 Å². The van der Waals surface area contributed by atoms with Crippen LogP contribution in [0.4, 0.5) is 11.4 Å². The van der Waals surface area contributed by atoms with Gasteiger partial charge < -0.3 is 10.1 Å². The molecule has 0 saturated carbocycles. The van der Waals surface area contributed by atoms with Crippen LogP contribution in [0.1, 0.15) is 22.3 Å². The predicted molar refractivity (Wildman–Crippen MR) is 147 cm³/mol. The van der Waals surface area contributed by atoms with E-state index in [0.717, 1.165) is 27.9 Å². The van der Waals surface area contributed by atoms with Crippen LogP contribution in [-0.4, -0.2) is 20.9 Å². The molecule has 0 unspecified atom stereocenters. The van der Waals surface area contributed by atoms with Crippen LogP contribution in [0.15, 0.2) is 102 Å². The summed E-state index contributed by atoms with van der Waals surface area (Å²) in [5.74, 6) is 0.192. The standard InChI is InChI=1S/C30H30N2O4S/c1-22-10-17-28(18-11-22)37(34,35)32(20-25-7-5-4-6-8-25)26-13-15-27(16-14-26)36-21-30(33)31-29-19-23(2)9-12-24(29)3/h4-19H,20-21H2,1-3H3,(H,31,33). The molecule has 1 N–H and O–H groups in total. The van der Waals surface area contributed by atoms with Gasteiger partial charge >= 0.3 is 0 Å². The monoisotopic (exact) mass is 514 g/mol. The molecule has 190 valence electrons. The number of sulfonamides is 1. The highest BCUT2D eigenvalue weighted by Crippen LogP contribution is 2.28. The molecule has 7 heteroatoms. The summed E-state index contributed by atoms with van der Waals surface area (Å²) in [4.78, 5) is 12.6. The van der Waals surface area contributed by atoms with Crippen LogP contribution in [0.5, 0.6) is 5.75 Å². The highest BCUT2D eigenvalue weighted by Gasteiger charge is 2.25. The van der Waals surface area contributed by atoms with E-state index in [4.69, 9.17) is 4.74 Å². The Hall–Kier alpha value is -4.10. The Bertz CT molecular complexity index is 1470. The van der Waals surface area contributed by atoms with Crippen molar-refractivity contribution in [3.8, 4) is 5.75 Å². The molecule has 0 bridgehead atoms. The second kappa shape index (κ2) is 11.3. The van der Waals surface area contributed by atoms with E-state index in [0.29, 0.717) is 11.4 Å². The molecule has 0 spiro atoms. The molecule has 0 fully saturated rings. The third-order valence-electron chi connectivity index (χ3n) is 5.94. The lowest BCUT2D eigenvalue weighted by atomic mass is 10.1. The quantitative estimate of drug-likeness (QED) is 0.296. The van der Waals surface area contributed by atoms with E-state index >= 15 is 0 Å². The van der Waals surface area contributed by atoms with E-state index in [1.165, 1.54) is 4.31 Å². The Labute approximate surface area is 218 Å². The van der Waals surface area contributed by atoms with Gasteiger partial charge in [-0.05, 0) is 79.9 Å². The van der Waals surface area contributed by atoms with Crippen molar-refractivity contribution >= 4 is 27.3 Å². The first-order chi connectivity index (χ1) is 17.7. The summed E-state index contributed by atoms with van der Waals surface area (Å²) in [7, 11) is -3.82. The fraction of sp³-hybridized carbons (Fsp3) is 0.167. The summed E-state index contributed by atoms with van der Waals surface area (Å²) in [6, 6.07) is 28.8. The SMILES string of the molecule is Cc1ccc(S(=O)(=O)N(Cc2ccccc2)c2ccc(OCC(=O)Nc3cc(C)ccc3C)cc2)cc1. The van der Waals surface area contributed by atoms with Gasteiger partial charge in [0.1, 0.15) is 5.75 Å². The summed E-state index contributed by atoms with van der Waals surface area (Å²) < 4.78 is 34.3. The molecule has 0 aliphatic heterocycles. The molecule has 1 amide bonds. The van der Waals surface area contributed by atoms with Crippen molar-refractivity contribution in [1.29, 1.82) is 0 Å². The minimum Gasteiger partial charge on any atom is -0.484 e. The van der Waals surface area contributed by atoms with Crippen molar-refractivity contribution in [2.75, 3.05) is 16.2 Å². The summed E-state index contributed by atoms with van der Waals surface area (Å²) in [5.41, 5.74) is 5.12. The number of hydrogen-bond acceptors (Lipinski definition) is 4. The number of nitrogens with zero attached hydrogens (tertiary/aromatic N) is 1. The van der Waals surface area contributed by atoms with Crippen LogP contribution in [0, 0.1) is 20.8 Å². The van der Waals surface area contributed by atoms with Gasteiger partial charge in [-0.2, -0.15) is 0 Å². The minimum atomic E-state index is -3.82. The number of hydrogen-bond donors (Lipinski definition) is 1. The second-order valence-corrected chi connectivity index (χ2v) is 10.8. The Morgan fingerprint density at radius 2 is 1.46 bits per heavy atom. The average Bonchev–Trinajstić information content (AvgIpc) is 2.89. The topological polar surface area (TPSA) is 75.7 Å². The Morgan fingerprint density at radius 1 is 0.811 bits per heavy atom. The molecule has 6 nitrogen and oxygen atoms in total. The molecule has 0 aromatic heterocycles. The van der Waals surface area contributed by atoms with Gasteiger partial charge in [0.25, 0.3) is 15.9 Å². The van der Waals surface area contributed by atoms with Gasteiger partial charge in [-0.15, -0.1) is 0 Å². The number of amides is 1.